The summed E-state index contributed by atoms with van der Waals surface area (Å²) < 4.78 is 2.74. The van der Waals surface area contributed by atoms with Crippen LogP contribution in [0.2, 0.25) is 36.3 Å². The van der Waals surface area contributed by atoms with E-state index in [0.717, 1.165) is 17.0 Å². The molecule has 0 radical (unpaired) electrons. The molecule has 3 rings (SSSR count). The molecule has 1 aliphatic heterocycles. The number of anilines is 1. The monoisotopic (exact) mass is 359 g/mol. The Morgan fingerprint density at radius 2 is 1.71 bits per heavy atom. The zero-order chi connectivity index (χ0) is 17.2. The van der Waals surface area contributed by atoms with Crippen molar-refractivity contribution in [3.05, 3.63) is 18.7 Å². The van der Waals surface area contributed by atoms with Gasteiger partial charge in [0.05, 0.1) is 20.5 Å². The molecule has 0 aromatic carbocycles. The van der Waals surface area contributed by atoms with Gasteiger partial charge in [0.15, 0.2) is 13.9 Å². The van der Waals surface area contributed by atoms with Crippen LogP contribution in [0.15, 0.2) is 18.7 Å². The SMILES string of the molecule is CC[Si]1(CC)CC[Si](CC)(CC)N(c2cnc3cncnc3n2)C1. The van der Waals surface area contributed by atoms with Gasteiger partial charge in [0.2, 0.25) is 0 Å². The van der Waals surface area contributed by atoms with Crippen LogP contribution in [-0.2, 0) is 0 Å². The molecule has 0 unspecified atom stereocenters. The fourth-order valence-electron chi connectivity index (χ4n) is 4.24. The van der Waals surface area contributed by atoms with Gasteiger partial charge in [-0.1, -0.05) is 45.8 Å². The Morgan fingerprint density at radius 3 is 2.38 bits per heavy atom. The molecule has 0 saturated carbocycles. The minimum Gasteiger partial charge on any atom is -0.384 e. The number of aromatic nitrogens is 4. The summed E-state index contributed by atoms with van der Waals surface area (Å²) in [5.41, 5.74) is 1.51. The average Bonchev–Trinajstić information content (AvgIpc) is 2.67. The van der Waals surface area contributed by atoms with Crippen LogP contribution >= 0.6 is 0 Å². The van der Waals surface area contributed by atoms with E-state index in [1.54, 1.807) is 12.5 Å². The lowest BCUT2D eigenvalue weighted by Crippen LogP contribution is -2.64. The number of hydrogen-bond acceptors (Lipinski definition) is 5. The summed E-state index contributed by atoms with van der Waals surface area (Å²) in [5.74, 6) is 1.06. The molecule has 24 heavy (non-hydrogen) atoms. The van der Waals surface area contributed by atoms with Gasteiger partial charge in [-0.15, -0.1) is 0 Å². The zero-order valence-electron chi connectivity index (χ0n) is 15.4. The van der Waals surface area contributed by atoms with Crippen LogP contribution in [0.5, 0.6) is 0 Å². The molecule has 0 bridgehead atoms. The fraction of sp³-hybridized carbons (Fsp3) is 0.647. The highest BCUT2D eigenvalue weighted by molar-refractivity contribution is 6.92. The molecule has 2 aromatic heterocycles. The maximum absolute atomic E-state index is 4.89. The Morgan fingerprint density at radius 1 is 0.958 bits per heavy atom. The summed E-state index contributed by atoms with van der Waals surface area (Å²) in [6.07, 6.45) is 6.54. The third-order valence-corrected chi connectivity index (χ3v) is 18.0. The molecule has 1 fully saturated rings. The van der Waals surface area contributed by atoms with Crippen LogP contribution < -0.4 is 4.57 Å². The maximum Gasteiger partial charge on any atom is 0.183 e. The molecule has 0 aliphatic carbocycles. The van der Waals surface area contributed by atoms with E-state index >= 15 is 0 Å². The lowest BCUT2D eigenvalue weighted by molar-refractivity contribution is 0.936. The van der Waals surface area contributed by atoms with E-state index in [2.05, 4.69) is 47.2 Å². The normalized spacial score (nSPS) is 19.6. The zero-order valence-corrected chi connectivity index (χ0v) is 17.4. The Bertz CT molecular complexity index is 700. The van der Waals surface area contributed by atoms with E-state index in [-0.39, 0.29) is 0 Å². The first-order valence-electron chi connectivity index (χ1n) is 9.32. The molecule has 0 atom stereocenters. The van der Waals surface area contributed by atoms with E-state index in [1.165, 1.54) is 42.4 Å². The Hall–Kier alpha value is -1.35. The Labute approximate surface area is 147 Å². The topological polar surface area (TPSA) is 54.8 Å². The summed E-state index contributed by atoms with van der Waals surface area (Å²) in [6, 6.07) is 8.28. The summed E-state index contributed by atoms with van der Waals surface area (Å²) in [6.45, 7) is 9.57. The quantitative estimate of drug-likeness (QED) is 0.747. The highest BCUT2D eigenvalue weighted by atomic mass is 28.3. The van der Waals surface area contributed by atoms with Gasteiger partial charge < -0.3 is 4.57 Å². The molecule has 0 N–H and O–H groups in total. The maximum atomic E-state index is 4.89. The second kappa shape index (κ2) is 6.88. The van der Waals surface area contributed by atoms with Crippen LogP contribution in [0.25, 0.3) is 11.2 Å². The van der Waals surface area contributed by atoms with Crippen LogP contribution in [0.4, 0.5) is 5.82 Å². The van der Waals surface area contributed by atoms with Gasteiger partial charge in [-0.2, -0.15) is 0 Å². The summed E-state index contributed by atoms with van der Waals surface area (Å²) in [7, 11) is -2.69. The van der Waals surface area contributed by atoms with Gasteiger partial charge in [0.25, 0.3) is 0 Å². The molecule has 1 aliphatic rings. The molecule has 0 amide bonds. The highest BCUT2D eigenvalue weighted by Gasteiger charge is 2.47. The van der Waals surface area contributed by atoms with Crippen molar-refractivity contribution in [1.82, 2.24) is 19.9 Å². The van der Waals surface area contributed by atoms with Crippen molar-refractivity contribution in [2.75, 3.05) is 10.7 Å². The van der Waals surface area contributed by atoms with Crippen molar-refractivity contribution in [3.63, 3.8) is 0 Å². The average molecular weight is 360 g/mol. The third kappa shape index (κ3) is 2.88. The fourth-order valence-corrected chi connectivity index (χ4v) is 16.0. The first kappa shape index (κ1) is 17.5. The van der Waals surface area contributed by atoms with Gasteiger partial charge in [0.1, 0.15) is 17.7 Å². The van der Waals surface area contributed by atoms with Crippen LogP contribution in [0.3, 0.4) is 0 Å². The first-order chi connectivity index (χ1) is 11.6. The largest absolute Gasteiger partial charge is 0.384 e. The number of nitrogens with zero attached hydrogens (tertiary/aromatic N) is 5. The minimum atomic E-state index is -1.49. The predicted octanol–water partition coefficient (Wildman–Crippen LogP) is 4.25. The van der Waals surface area contributed by atoms with E-state index in [9.17, 15) is 0 Å². The molecule has 3 heterocycles. The molecular formula is C17H29N5Si2. The second-order valence-corrected chi connectivity index (χ2v) is 17.3. The van der Waals surface area contributed by atoms with E-state index in [1.807, 2.05) is 6.20 Å². The van der Waals surface area contributed by atoms with Gasteiger partial charge in [0, 0.05) is 6.17 Å². The molecule has 5 nitrogen and oxygen atoms in total. The van der Waals surface area contributed by atoms with Crippen molar-refractivity contribution in [2.24, 2.45) is 0 Å². The first-order valence-corrected chi connectivity index (χ1v) is 14.7. The Kier molecular flexibility index (Phi) is 5.01. The van der Waals surface area contributed by atoms with E-state index < -0.39 is 16.3 Å². The van der Waals surface area contributed by atoms with E-state index in [4.69, 9.17) is 4.98 Å². The number of hydrogen-bond donors (Lipinski definition) is 0. The third-order valence-electron chi connectivity index (χ3n) is 6.49. The van der Waals surface area contributed by atoms with E-state index in [0.29, 0.717) is 0 Å². The predicted molar refractivity (Wildman–Crippen MR) is 106 cm³/mol. The van der Waals surface area contributed by atoms with Crippen molar-refractivity contribution < 1.29 is 0 Å². The van der Waals surface area contributed by atoms with Gasteiger partial charge in [-0.25, -0.2) is 19.9 Å². The lowest BCUT2D eigenvalue weighted by atomic mass is 10.5. The lowest BCUT2D eigenvalue weighted by Gasteiger charge is -2.52. The summed E-state index contributed by atoms with van der Waals surface area (Å²) in [5, 5.41) is 0. The van der Waals surface area contributed by atoms with Gasteiger partial charge in [-0.05, 0) is 18.1 Å². The molecule has 1 saturated heterocycles. The summed E-state index contributed by atoms with van der Waals surface area (Å²) in [4.78, 5) is 17.9. The van der Waals surface area contributed by atoms with Crippen LogP contribution in [0.1, 0.15) is 27.7 Å². The van der Waals surface area contributed by atoms with Crippen LogP contribution in [-0.4, -0.2) is 42.4 Å². The standard InChI is InChI=1S/C17H29N5Si2/c1-5-23(6-2)9-10-24(7-3,8-4)22(14-23)16-12-19-15-11-18-13-20-17(15)21-16/h11-13H,5-10,14H2,1-4H3. The van der Waals surface area contributed by atoms with Crippen molar-refractivity contribution in [1.29, 1.82) is 0 Å². The second-order valence-electron chi connectivity index (χ2n) is 7.18. The molecule has 0 spiro atoms. The summed E-state index contributed by atoms with van der Waals surface area (Å²) >= 11 is 0. The van der Waals surface area contributed by atoms with Crippen molar-refractivity contribution >= 4 is 33.3 Å². The molecule has 2 aromatic rings. The number of rotatable bonds is 5. The smallest absolute Gasteiger partial charge is 0.183 e. The highest BCUT2D eigenvalue weighted by Crippen LogP contribution is 2.41. The Balaban J connectivity index is 2.06. The molecule has 130 valence electrons. The van der Waals surface area contributed by atoms with Crippen molar-refractivity contribution in [2.45, 2.75) is 64.0 Å². The molecular weight excluding hydrogens is 330 g/mol. The molecule has 7 heteroatoms. The van der Waals surface area contributed by atoms with Gasteiger partial charge in [-0.3, -0.25) is 0 Å². The van der Waals surface area contributed by atoms with Crippen LogP contribution in [0, 0.1) is 0 Å². The minimum absolute atomic E-state index is 0.725. The van der Waals surface area contributed by atoms with Gasteiger partial charge >= 0.3 is 0 Å². The van der Waals surface area contributed by atoms with Crippen molar-refractivity contribution in [3.8, 4) is 0 Å². The number of fused-ring (bicyclic) bond motifs is 1.